The van der Waals surface area contributed by atoms with Crippen LogP contribution in [0.2, 0.25) is 0 Å². The highest BCUT2D eigenvalue weighted by atomic mass is 32.2. The maximum atomic E-state index is 12.5. The van der Waals surface area contributed by atoms with Crippen LogP contribution in [-0.4, -0.2) is 59.3 Å². The van der Waals surface area contributed by atoms with Gasteiger partial charge in [-0.05, 0) is 23.6 Å². The van der Waals surface area contributed by atoms with E-state index in [0.717, 1.165) is 44.4 Å². The largest absolute Gasteiger partial charge is 0.404 e. The van der Waals surface area contributed by atoms with Crippen molar-refractivity contribution >= 4 is 32.6 Å². The molecule has 7 nitrogen and oxygen atoms in total. The van der Waals surface area contributed by atoms with Crippen LogP contribution in [0.5, 0.6) is 0 Å². The summed E-state index contributed by atoms with van der Waals surface area (Å²) >= 11 is 0. The number of alkyl halides is 3. The Morgan fingerprint density at radius 2 is 1.91 bits per heavy atom. The number of pyridine rings is 1. The Hall–Kier alpha value is -2.66. The zero-order chi connectivity index (χ0) is 23.3. The summed E-state index contributed by atoms with van der Waals surface area (Å²) in [5, 5.41) is 0. The summed E-state index contributed by atoms with van der Waals surface area (Å²) in [5.41, 5.74) is 4.71. The van der Waals surface area contributed by atoms with Crippen LogP contribution in [-0.2, 0) is 23.5 Å². The molecule has 0 unspecified atom stereocenters. The van der Waals surface area contributed by atoms with Crippen LogP contribution in [0.3, 0.4) is 0 Å². The van der Waals surface area contributed by atoms with Gasteiger partial charge in [0.2, 0.25) is 10.0 Å². The highest BCUT2D eigenvalue weighted by Crippen LogP contribution is 2.35. The van der Waals surface area contributed by atoms with Crippen molar-refractivity contribution in [2.75, 3.05) is 30.8 Å². The van der Waals surface area contributed by atoms with E-state index in [1.165, 1.54) is 0 Å². The van der Waals surface area contributed by atoms with Gasteiger partial charge in [-0.2, -0.15) is 13.2 Å². The second-order valence-electron chi connectivity index (χ2n) is 8.07. The molecule has 0 amide bonds. The Morgan fingerprint density at radius 3 is 2.56 bits per heavy atom. The van der Waals surface area contributed by atoms with Gasteiger partial charge in [-0.15, -0.1) is 0 Å². The molecule has 0 radical (unpaired) electrons. The van der Waals surface area contributed by atoms with E-state index in [-0.39, 0.29) is 19.0 Å². The number of nitrogens with zero attached hydrogens (tertiary/aromatic N) is 5. The van der Waals surface area contributed by atoms with Crippen LogP contribution in [0.25, 0.3) is 11.0 Å². The van der Waals surface area contributed by atoms with Crippen LogP contribution in [0.4, 0.5) is 24.7 Å². The molecule has 1 fully saturated rings. The van der Waals surface area contributed by atoms with Gasteiger partial charge in [-0.3, -0.25) is 0 Å². The highest BCUT2D eigenvalue weighted by Gasteiger charge is 2.43. The molecule has 1 aliphatic rings. The van der Waals surface area contributed by atoms with Crippen LogP contribution < -0.4 is 4.90 Å². The molecule has 1 aliphatic heterocycles. The van der Waals surface area contributed by atoms with Crippen molar-refractivity contribution in [3.8, 4) is 0 Å². The molecule has 0 aliphatic carbocycles. The molecule has 0 N–H and O–H groups in total. The topological polar surface area (TPSA) is 71.3 Å². The van der Waals surface area contributed by atoms with Crippen LogP contribution >= 0.6 is 0 Å². The minimum atomic E-state index is -4.74. The van der Waals surface area contributed by atoms with Crippen LogP contribution in [0.15, 0.2) is 36.8 Å². The first kappa shape index (κ1) is 22.5. The van der Waals surface area contributed by atoms with Crippen molar-refractivity contribution in [2.45, 2.75) is 25.4 Å². The number of aryl methyl sites for hydroxylation is 2. The molecule has 0 bridgehead atoms. The number of anilines is 2. The van der Waals surface area contributed by atoms with Crippen molar-refractivity contribution < 1.29 is 21.6 Å². The highest BCUT2D eigenvalue weighted by molar-refractivity contribution is 7.89. The Labute approximate surface area is 184 Å². The Kier molecular flexibility index (Phi) is 5.66. The van der Waals surface area contributed by atoms with Gasteiger partial charge < -0.3 is 9.47 Å². The van der Waals surface area contributed by atoms with Gasteiger partial charge in [-0.1, -0.05) is 19.1 Å². The summed E-state index contributed by atoms with van der Waals surface area (Å²) in [6.45, 7) is 2.15. The average molecular weight is 468 g/mol. The van der Waals surface area contributed by atoms with E-state index in [9.17, 15) is 21.6 Å². The lowest BCUT2D eigenvalue weighted by atomic mass is 9.91. The number of hydrogen-bond acceptors (Lipinski definition) is 5. The van der Waals surface area contributed by atoms with Crippen molar-refractivity contribution in [2.24, 2.45) is 7.05 Å². The number of imidazole rings is 1. The van der Waals surface area contributed by atoms with Gasteiger partial charge in [0, 0.05) is 44.9 Å². The molecule has 1 saturated heterocycles. The van der Waals surface area contributed by atoms with Crippen molar-refractivity contribution in [1.29, 1.82) is 0 Å². The molecule has 1 aromatic carbocycles. The molecule has 4 rings (SSSR count). The van der Waals surface area contributed by atoms with Gasteiger partial charge in [-0.25, -0.2) is 22.7 Å². The normalized spacial score (nSPS) is 15.8. The lowest BCUT2D eigenvalue weighted by Gasteiger charge is -2.39. The summed E-state index contributed by atoms with van der Waals surface area (Å²) in [6, 6.07) is 7.83. The summed E-state index contributed by atoms with van der Waals surface area (Å²) in [6.07, 6.45) is -0.535. The Balaban J connectivity index is 1.53. The molecular formula is C21H24F3N5O2S. The molecule has 2 aromatic heterocycles. The van der Waals surface area contributed by atoms with Gasteiger partial charge in [0.05, 0.1) is 18.0 Å². The van der Waals surface area contributed by atoms with E-state index >= 15 is 0 Å². The zero-order valence-electron chi connectivity index (χ0n) is 18.0. The maximum Gasteiger partial charge on any atom is 0.404 e. The summed E-state index contributed by atoms with van der Waals surface area (Å²) in [4.78, 5) is 10.8. The molecule has 0 saturated carbocycles. The first-order valence-electron chi connectivity index (χ1n) is 10.2. The lowest BCUT2D eigenvalue weighted by Crippen LogP contribution is -2.50. The minimum Gasteiger partial charge on any atom is -0.334 e. The summed E-state index contributed by atoms with van der Waals surface area (Å²) < 4.78 is 64.2. The minimum absolute atomic E-state index is 0.0649. The van der Waals surface area contributed by atoms with E-state index in [4.69, 9.17) is 0 Å². The predicted molar refractivity (Wildman–Crippen MR) is 117 cm³/mol. The SMILES string of the molecule is CCc1cc(C2CN(S(=O)(=O)CC(F)(F)F)C2)ccc1N(C)c1cc2c(cn1)ncn2C. The van der Waals surface area contributed by atoms with E-state index in [1.807, 2.05) is 54.8 Å². The lowest BCUT2D eigenvalue weighted by molar-refractivity contribution is -0.107. The van der Waals surface area contributed by atoms with Crippen molar-refractivity contribution in [3.05, 3.63) is 47.9 Å². The number of halogens is 3. The Bertz CT molecular complexity index is 1250. The number of benzene rings is 1. The second kappa shape index (κ2) is 8.04. The van der Waals surface area contributed by atoms with Gasteiger partial charge in [0.25, 0.3) is 0 Å². The quantitative estimate of drug-likeness (QED) is 0.554. The molecule has 172 valence electrons. The number of rotatable bonds is 6. The smallest absolute Gasteiger partial charge is 0.334 e. The van der Waals surface area contributed by atoms with Gasteiger partial charge in [0.1, 0.15) is 11.3 Å². The van der Waals surface area contributed by atoms with E-state index in [2.05, 4.69) is 9.97 Å². The van der Waals surface area contributed by atoms with Gasteiger partial charge in [0.15, 0.2) is 5.75 Å². The first-order chi connectivity index (χ1) is 15.0. The average Bonchev–Trinajstić information content (AvgIpc) is 3.04. The van der Waals surface area contributed by atoms with Crippen molar-refractivity contribution in [1.82, 2.24) is 18.8 Å². The molecule has 3 aromatic rings. The fourth-order valence-electron chi connectivity index (χ4n) is 3.97. The van der Waals surface area contributed by atoms with E-state index in [0.29, 0.717) is 0 Å². The monoisotopic (exact) mass is 467 g/mol. The molecular weight excluding hydrogens is 443 g/mol. The molecule has 32 heavy (non-hydrogen) atoms. The maximum absolute atomic E-state index is 12.5. The van der Waals surface area contributed by atoms with E-state index < -0.39 is 22.0 Å². The fourth-order valence-corrected chi connectivity index (χ4v) is 5.38. The first-order valence-corrected chi connectivity index (χ1v) is 11.8. The summed E-state index contributed by atoms with van der Waals surface area (Å²) in [7, 11) is -0.484. The third-order valence-corrected chi connectivity index (χ3v) is 7.62. The molecule has 11 heteroatoms. The second-order valence-corrected chi connectivity index (χ2v) is 10.0. The molecule has 0 spiro atoms. The zero-order valence-corrected chi connectivity index (χ0v) is 18.8. The summed E-state index contributed by atoms with van der Waals surface area (Å²) in [5.74, 6) is -1.17. The third kappa shape index (κ3) is 4.31. The third-order valence-electron chi connectivity index (χ3n) is 5.85. The standard InChI is InChI=1S/C21H24F3N5O2S/c1-4-14-7-15(16-10-29(11-16)32(30,31)12-21(22,23)24)5-6-18(14)28(3)20-8-19-17(9-25-20)26-13-27(19)2/h5-9,13,16H,4,10-12H2,1-3H3. The molecule has 0 atom stereocenters. The number of sulfonamides is 1. The number of aromatic nitrogens is 3. The molecule has 3 heterocycles. The van der Waals surface area contributed by atoms with Crippen LogP contribution in [0, 0.1) is 0 Å². The number of hydrogen-bond donors (Lipinski definition) is 0. The van der Waals surface area contributed by atoms with E-state index in [1.54, 1.807) is 12.5 Å². The fraction of sp³-hybridized carbons (Fsp3) is 0.429. The predicted octanol–water partition coefficient (Wildman–Crippen LogP) is 3.59. The van der Waals surface area contributed by atoms with Crippen molar-refractivity contribution in [3.63, 3.8) is 0 Å². The Morgan fingerprint density at radius 1 is 1.19 bits per heavy atom. The van der Waals surface area contributed by atoms with Gasteiger partial charge >= 0.3 is 6.18 Å². The number of fused-ring (bicyclic) bond motifs is 1. The van der Waals surface area contributed by atoms with Crippen LogP contribution in [0.1, 0.15) is 24.0 Å².